The third-order valence-electron chi connectivity index (χ3n) is 2.65. The monoisotopic (exact) mass is 323 g/mol. The maximum atomic E-state index is 11.1. The summed E-state index contributed by atoms with van der Waals surface area (Å²) in [6, 6.07) is 10.7. The fourth-order valence-electron chi connectivity index (χ4n) is 1.82. The number of hydrogen-bond donors (Lipinski definition) is 1. The Morgan fingerprint density at radius 1 is 1.32 bits per heavy atom. The van der Waals surface area contributed by atoms with E-state index in [0.29, 0.717) is 5.56 Å². The number of nitro groups is 1. The van der Waals surface area contributed by atoms with Crippen molar-refractivity contribution < 1.29 is 14.8 Å². The second-order valence-electron chi connectivity index (χ2n) is 3.76. The molecule has 0 saturated heterocycles. The van der Waals surface area contributed by atoms with E-state index in [2.05, 4.69) is 15.9 Å². The van der Waals surface area contributed by atoms with E-state index in [1.165, 1.54) is 7.11 Å². The van der Waals surface area contributed by atoms with Crippen molar-refractivity contribution in [3.05, 3.63) is 51.0 Å². The van der Waals surface area contributed by atoms with Crippen LogP contribution in [-0.2, 0) is 0 Å². The maximum Gasteiger partial charge on any atom is 0.353 e. The first-order valence-corrected chi connectivity index (χ1v) is 6.14. The van der Waals surface area contributed by atoms with Crippen LogP contribution in [0.1, 0.15) is 0 Å². The third kappa shape index (κ3) is 2.39. The van der Waals surface area contributed by atoms with Crippen LogP contribution in [0, 0.1) is 10.1 Å². The lowest BCUT2D eigenvalue weighted by Crippen LogP contribution is -1.97. The van der Waals surface area contributed by atoms with E-state index in [0.717, 1.165) is 5.56 Å². The Balaban J connectivity index is 2.79. The minimum absolute atomic E-state index is 0.0388. The summed E-state index contributed by atoms with van der Waals surface area (Å²) in [6.07, 6.45) is 0. The molecule has 0 aliphatic rings. The highest BCUT2D eigenvalue weighted by Crippen LogP contribution is 2.47. The van der Waals surface area contributed by atoms with Gasteiger partial charge < -0.3 is 9.84 Å². The quantitative estimate of drug-likeness (QED) is 0.689. The Hall–Kier alpha value is -2.08. The van der Waals surface area contributed by atoms with Gasteiger partial charge in [0.05, 0.1) is 16.5 Å². The number of phenolic OH excluding ortho intramolecular Hbond substituents is 1. The molecule has 0 bridgehead atoms. The van der Waals surface area contributed by atoms with Gasteiger partial charge in [-0.2, -0.15) is 0 Å². The normalized spacial score (nSPS) is 10.2. The van der Waals surface area contributed by atoms with Crippen LogP contribution in [0.5, 0.6) is 11.5 Å². The standard InChI is InChI=1S/C13H10BrNO4/c1-19-13-9(8-5-3-2-4-6-8)7-10(14)12(16)11(13)15(17)18/h2-7,16H,1H3. The molecule has 0 heterocycles. The highest BCUT2D eigenvalue weighted by molar-refractivity contribution is 9.10. The number of hydrogen-bond acceptors (Lipinski definition) is 4. The summed E-state index contributed by atoms with van der Waals surface area (Å²) in [6.45, 7) is 0. The first-order chi connectivity index (χ1) is 9.06. The van der Waals surface area contributed by atoms with Crippen LogP contribution < -0.4 is 4.74 Å². The smallest absolute Gasteiger partial charge is 0.353 e. The first kappa shape index (κ1) is 13.4. The van der Waals surface area contributed by atoms with E-state index in [1.54, 1.807) is 6.07 Å². The lowest BCUT2D eigenvalue weighted by molar-refractivity contribution is -0.386. The summed E-state index contributed by atoms with van der Waals surface area (Å²) in [4.78, 5) is 10.4. The van der Waals surface area contributed by atoms with Crippen molar-refractivity contribution in [2.45, 2.75) is 0 Å². The molecule has 0 amide bonds. The van der Waals surface area contributed by atoms with Crippen LogP contribution >= 0.6 is 15.9 Å². The van der Waals surface area contributed by atoms with E-state index in [9.17, 15) is 15.2 Å². The molecule has 6 heteroatoms. The van der Waals surface area contributed by atoms with E-state index >= 15 is 0 Å². The van der Waals surface area contributed by atoms with Gasteiger partial charge in [-0.1, -0.05) is 30.3 Å². The van der Waals surface area contributed by atoms with Crippen LogP contribution in [0.2, 0.25) is 0 Å². The molecule has 2 aromatic carbocycles. The SMILES string of the molecule is COc1c(-c2ccccc2)cc(Br)c(O)c1[N+](=O)[O-]. The van der Waals surface area contributed by atoms with Crippen molar-refractivity contribution in [2.24, 2.45) is 0 Å². The minimum Gasteiger partial charge on any atom is -0.501 e. The maximum absolute atomic E-state index is 11.1. The van der Waals surface area contributed by atoms with Crippen molar-refractivity contribution in [1.29, 1.82) is 0 Å². The number of nitro benzene ring substituents is 1. The Morgan fingerprint density at radius 3 is 2.47 bits per heavy atom. The third-order valence-corrected chi connectivity index (χ3v) is 3.26. The molecular formula is C13H10BrNO4. The van der Waals surface area contributed by atoms with E-state index in [-0.39, 0.29) is 10.2 Å². The zero-order chi connectivity index (χ0) is 14.0. The van der Waals surface area contributed by atoms with Gasteiger partial charge in [0.15, 0.2) is 0 Å². The molecule has 19 heavy (non-hydrogen) atoms. The molecule has 2 rings (SSSR count). The van der Waals surface area contributed by atoms with E-state index in [1.807, 2.05) is 30.3 Å². The zero-order valence-electron chi connectivity index (χ0n) is 9.96. The van der Waals surface area contributed by atoms with Crippen LogP contribution in [0.25, 0.3) is 11.1 Å². The van der Waals surface area contributed by atoms with Crippen LogP contribution in [0.3, 0.4) is 0 Å². The number of nitrogens with zero attached hydrogens (tertiary/aromatic N) is 1. The van der Waals surface area contributed by atoms with Crippen molar-refractivity contribution in [3.8, 4) is 22.6 Å². The summed E-state index contributed by atoms with van der Waals surface area (Å²) < 4.78 is 5.35. The topological polar surface area (TPSA) is 72.6 Å². The summed E-state index contributed by atoms with van der Waals surface area (Å²) in [5, 5.41) is 20.9. The summed E-state index contributed by atoms with van der Waals surface area (Å²) in [5.74, 6) is -0.404. The van der Waals surface area contributed by atoms with Crippen LogP contribution in [0.15, 0.2) is 40.9 Å². The summed E-state index contributed by atoms with van der Waals surface area (Å²) >= 11 is 3.12. The first-order valence-electron chi connectivity index (χ1n) is 5.35. The van der Waals surface area contributed by atoms with Crippen molar-refractivity contribution in [3.63, 3.8) is 0 Å². The van der Waals surface area contributed by atoms with Gasteiger partial charge in [0.25, 0.3) is 0 Å². The van der Waals surface area contributed by atoms with Gasteiger partial charge in [0.1, 0.15) is 0 Å². The number of benzene rings is 2. The molecule has 0 fully saturated rings. The fraction of sp³-hybridized carbons (Fsp3) is 0.0769. The molecular weight excluding hydrogens is 314 g/mol. The Labute approximate surface area is 117 Å². The van der Waals surface area contributed by atoms with Crippen LogP contribution in [0.4, 0.5) is 5.69 Å². The van der Waals surface area contributed by atoms with Crippen LogP contribution in [-0.4, -0.2) is 17.1 Å². The molecule has 98 valence electrons. The van der Waals surface area contributed by atoms with Gasteiger partial charge in [-0.3, -0.25) is 10.1 Å². The molecule has 0 unspecified atom stereocenters. The summed E-state index contributed by atoms with van der Waals surface area (Å²) in [5.41, 5.74) is 0.860. The molecule has 0 aromatic heterocycles. The molecule has 2 aromatic rings. The molecule has 0 aliphatic heterocycles. The highest BCUT2D eigenvalue weighted by Gasteiger charge is 2.27. The van der Waals surface area contributed by atoms with Crippen molar-refractivity contribution in [2.75, 3.05) is 7.11 Å². The highest BCUT2D eigenvalue weighted by atomic mass is 79.9. The van der Waals surface area contributed by atoms with Crippen molar-refractivity contribution in [1.82, 2.24) is 0 Å². The number of methoxy groups -OCH3 is 1. The van der Waals surface area contributed by atoms with Gasteiger partial charge in [-0.15, -0.1) is 0 Å². The predicted molar refractivity (Wildman–Crippen MR) is 74.4 cm³/mol. The summed E-state index contributed by atoms with van der Waals surface area (Å²) in [7, 11) is 1.34. The molecule has 5 nitrogen and oxygen atoms in total. The number of halogens is 1. The van der Waals surface area contributed by atoms with Crippen molar-refractivity contribution >= 4 is 21.6 Å². The lowest BCUT2D eigenvalue weighted by Gasteiger charge is -2.11. The number of aromatic hydroxyl groups is 1. The predicted octanol–water partition coefficient (Wildman–Crippen LogP) is 3.74. The fourth-order valence-corrected chi connectivity index (χ4v) is 2.23. The second kappa shape index (κ2) is 5.27. The Kier molecular flexibility index (Phi) is 3.71. The molecule has 0 radical (unpaired) electrons. The zero-order valence-corrected chi connectivity index (χ0v) is 11.5. The molecule has 0 saturated carbocycles. The average molecular weight is 324 g/mol. The largest absolute Gasteiger partial charge is 0.501 e. The average Bonchev–Trinajstić information content (AvgIpc) is 2.41. The van der Waals surface area contributed by atoms with Gasteiger partial charge in [0, 0.05) is 5.56 Å². The second-order valence-corrected chi connectivity index (χ2v) is 4.61. The molecule has 0 aliphatic carbocycles. The van der Waals surface area contributed by atoms with Gasteiger partial charge in [0.2, 0.25) is 11.5 Å². The molecule has 0 atom stereocenters. The Morgan fingerprint density at radius 2 is 1.95 bits per heavy atom. The number of ether oxygens (including phenoxy) is 1. The van der Waals surface area contributed by atoms with Gasteiger partial charge >= 0.3 is 5.69 Å². The van der Waals surface area contributed by atoms with E-state index < -0.39 is 16.4 Å². The molecule has 0 spiro atoms. The number of rotatable bonds is 3. The van der Waals surface area contributed by atoms with Gasteiger partial charge in [-0.05, 0) is 27.6 Å². The molecule has 1 N–H and O–H groups in total. The van der Waals surface area contributed by atoms with Gasteiger partial charge in [-0.25, -0.2) is 0 Å². The minimum atomic E-state index is -0.661. The Bertz CT molecular complexity index is 628. The van der Waals surface area contributed by atoms with E-state index in [4.69, 9.17) is 4.74 Å². The lowest BCUT2D eigenvalue weighted by atomic mass is 10.0. The number of phenols is 1.